The van der Waals surface area contributed by atoms with Gasteiger partial charge in [-0.15, -0.1) is 11.3 Å². The molecule has 1 aromatic heterocycles. The van der Waals surface area contributed by atoms with Gasteiger partial charge in [-0.05, 0) is 36.6 Å². The lowest BCUT2D eigenvalue weighted by atomic mass is 9.99. The molecule has 2 atom stereocenters. The summed E-state index contributed by atoms with van der Waals surface area (Å²) in [5.74, 6) is 1.00. The van der Waals surface area contributed by atoms with E-state index < -0.39 is 0 Å². The SMILES string of the molecule is C[C@H](NC1CCOc2ccc(Br)cc21)c1cccs1. The number of ether oxygens (including phenoxy) is 1. The maximum Gasteiger partial charge on any atom is 0.124 e. The molecule has 2 heterocycles. The lowest BCUT2D eigenvalue weighted by Gasteiger charge is -2.29. The van der Waals surface area contributed by atoms with Crippen LogP contribution in [0, 0.1) is 0 Å². The van der Waals surface area contributed by atoms with Gasteiger partial charge in [-0.3, -0.25) is 0 Å². The number of benzene rings is 1. The molecule has 0 amide bonds. The van der Waals surface area contributed by atoms with Gasteiger partial charge in [-0.2, -0.15) is 0 Å². The van der Waals surface area contributed by atoms with Crippen LogP contribution in [0.25, 0.3) is 0 Å². The van der Waals surface area contributed by atoms with Crippen LogP contribution in [0.5, 0.6) is 5.75 Å². The van der Waals surface area contributed by atoms with Crippen LogP contribution in [0.15, 0.2) is 40.2 Å². The Hall–Kier alpha value is -0.840. The predicted octanol–water partition coefficient (Wildman–Crippen LogP) is 4.69. The van der Waals surface area contributed by atoms with Crippen LogP contribution in [0.1, 0.15) is 35.9 Å². The van der Waals surface area contributed by atoms with Gasteiger partial charge < -0.3 is 10.1 Å². The maximum atomic E-state index is 5.72. The van der Waals surface area contributed by atoms with Crippen LogP contribution in [0.2, 0.25) is 0 Å². The highest BCUT2D eigenvalue weighted by molar-refractivity contribution is 9.10. The summed E-state index contributed by atoms with van der Waals surface area (Å²) in [6.45, 7) is 3.00. The molecule has 0 radical (unpaired) electrons. The Balaban J connectivity index is 1.81. The predicted molar refractivity (Wildman–Crippen MR) is 82.9 cm³/mol. The largest absolute Gasteiger partial charge is 0.493 e. The summed E-state index contributed by atoms with van der Waals surface area (Å²) in [6.07, 6.45) is 1.01. The van der Waals surface area contributed by atoms with E-state index in [1.54, 1.807) is 11.3 Å². The third kappa shape index (κ3) is 2.86. The van der Waals surface area contributed by atoms with Crippen LogP contribution < -0.4 is 10.1 Å². The molecule has 0 bridgehead atoms. The zero-order chi connectivity index (χ0) is 13.2. The van der Waals surface area contributed by atoms with Gasteiger partial charge in [0.25, 0.3) is 0 Å². The minimum atomic E-state index is 0.360. The molecule has 0 saturated heterocycles. The molecular formula is C15H16BrNOS. The average molecular weight is 338 g/mol. The molecule has 1 N–H and O–H groups in total. The minimum absolute atomic E-state index is 0.360. The summed E-state index contributed by atoms with van der Waals surface area (Å²) < 4.78 is 6.83. The first-order chi connectivity index (χ1) is 9.24. The first-order valence-corrected chi connectivity index (χ1v) is 8.13. The molecule has 3 rings (SSSR count). The quantitative estimate of drug-likeness (QED) is 0.877. The molecule has 2 nitrogen and oxygen atoms in total. The third-order valence-electron chi connectivity index (χ3n) is 3.43. The second-order valence-corrected chi connectivity index (χ2v) is 6.67. The van der Waals surface area contributed by atoms with E-state index in [2.05, 4.69) is 51.7 Å². The standard InChI is InChI=1S/C15H16BrNOS/c1-10(15-3-2-8-19-15)17-13-6-7-18-14-5-4-11(16)9-12(13)14/h2-5,8-10,13,17H,6-7H2,1H3/t10-,13?/m0/s1. The number of thiophene rings is 1. The molecule has 100 valence electrons. The molecule has 1 aliphatic rings. The third-order valence-corrected chi connectivity index (χ3v) is 4.98. The highest BCUT2D eigenvalue weighted by Crippen LogP contribution is 2.35. The molecule has 0 aliphatic carbocycles. The summed E-state index contributed by atoms with van der Waals surface area (Å²) in [6, 6.07) is 11.3. The smallest absolute Gasteiger partial charge is 0.124 e. The van der Waals surface area contributed by atoms with Crippen molar-refractivity contribution in [3.63, 3.8) is 0 Å². The Labute approximate surface area is 125 Å². The van der Waals surface area contributed by atoms with Crippen LogP contribution in [-0.4, -0.2) is 6.61 Å². The zero-order valence-electron chi connectivity index (χ0n) is 10.7. The van der Waals surface area contributed by atoms with Crippen molar-refractivity contribution in [2.24, 2.45) is 0 Å². The highest BCUT2D eigenvalue weighted by Gasteiger charge is 2.23. The number of nitrogens with one attached hydrogen (secondary N) is 1. The highest BCUT2D eigenvalue weighted by atomic mass is 79.9. The molecule has 2 aromatic rings. The van der Waals surface area contributed by atoms with Gasteiger partial charge in [0, 0.05) is 33.4 Å². The van der Waals surface area contributed by atoms with Gasteiger partial charge in [0.2, 0.25) is 0 Å². The molecule has 4 heteroatoms. The molecule has 1 aromatic carbocycles. The molecule has 1 aliphatic heterocycles. The van der Waals surface area contributed by atoms with Crippen molar-refractivity contribution in [1.82, 2.24) is 5.32 Å². The van der Waals surface area contributed by atoms with Crippen molar-refractivity contribution >= 4 is 27.3 Å². The molecule has 19 heavy (non-hydrogen) atoms. The van der Waals surface area contributed by atoms with E-state index >= 15 is 0 Å². The van der Waals surface area contributed by atoms with Crippen molar-refractivity contribution in [3.8, 4) is 5.75 Å². The fourth-order valence-corrected chi connectivity index (χ4v) is 3.58. The van der Waals surface area contributed by atoms with E-state index in [4.69, 9.17) is 4.74 Å². The van der Waals surface area contributed by atoms with Crippen molar-refractivity contribution < 1.29 is 4.74 Å². The topological polar surface area (TPSA) is 21.3 Å². The second-order valence-electron chi connectivity index (χ2n) is 4.78. The monoisotopic (exact) mass is 337 g/mol. The fourth-order valence-electron chi connectivity index (χ4n) is 2.46. The van der Waals surface area contributed by atoms with Gasteiger partial charge >= 0.3 is 0 Å². The second kappa shape index (κ2) is 5.65. The van der Waals surface area contributed by atoms with Crippen LogP contribution in [-0.2, 0) is 0 Å². The summed E-state index contributed by atoms with van der Waals surface area (Å²) in [7, 11) is 0. The summed E-state index contributed by atoms with van der Waals surface area (Å²) in [5.41, 5.74) is 1.25. The Morgan fingerprint density at radius 3 is 3.11 bits per heavy atom. The number of halogens is 1. The van der Waals surface area contributed by atoms with Gasteiger partial charge in [-0.1, -0.05) is 22.0 Å². The maximum absolute atomic E-state index is 5.72. The molecule has 0 saturated carbocycles. The van der Waals surface area contributed by atoms with Gasteiger partial charge in [0.05, 0.1) is 6.61 Å². The summed E-state index contributed by atoms with van der Waals surface area (Å²) >= 11 is 5.34. The Kier molecular flexibility index (Phi) is 3.91. The average Bonchev–Trinajstić information content (AvgIpc) is 2.93. The van der Waals surface area contributed by atoms with Crippen LogP contribution >= 0.6 is 27.3 Å². The van der Waals surface area contributed by atoms with Gasteiger partial charge in [-0.25, -0.2) is 0 Å². The van der Waals surface area contributed by atoms with Crippen molar-refractivity contribution in [1.29, 1.82) is 0 Å². The lowest BCUT2D eigenvalue weighted by molar-refractivity contribution is 0.246. The Morgan fingerprint density at radius 1 is 1.42 bits per heavy atom. The number of hydrogen-bond donors (Lipinski definition) is 1. The van der Waals surface area contributed by atoms with Gasteiger partial charge in [0.1, 0.15) is 5.75 Å². The van der Waals surface area contributed by atoms with E-state index in [1.165, 1.54) is 10.4 Å². The number of hydrogen-bond acceptors (Lipinski definition) is 3. The number of rotatable bonds is 3. The van der Waals surface area contributed by atoms with Crippen molar-refractivity contribution in [2.45, 2.75) is 25.4 Å². The van der Waals surface area contributed by atoms with Crippen LogP contribution in [0.4, 0.5) is 0 Å². The normalized spacial score (nSPS) is 19.6. The van der Waals surface area contributed by atoms with E-state index in [-0.39, 0.29) is 0 Å². The first kappa shape index (κ1) is 13.2. The van der Waals surface area contributed by atoms with Crippen molar-refractivity contribution in [2.75, 3.05) is 6.61 Å². The van der Waals surface area contributed by atoms with Crippen molar-refractivity contribution in [3.05, 3.63) is 50.6 Å². The Bertz CT molecular complexity index is 555. The molecule has 1 unspecified atom stereocenters. The van der Waals surface area contributed by atoms with E-state index in [9.17, 15) is 0 Å². The van der Waals surface area contributed by atoms with E-state index in [0.29, 0.717) is 12.1 Å². The lowest BCUT2D eigenvalue weighted by Crippen LogP contribution is -2.29. The molecule has 0 fully saturated rings. The fraction of sp³-hybridized carbons (Fsp3) is 0.333. The molecule has 0 spiro atoms. The van der Waals surface area contributed by atoms with E-state index in [1.807, 2.05) is 12.1 Å². The number of fused-ring (bicyclic) bond motifs is 1. The molecular weight excluding hydrogens is 322 g/mol. The first-order valence-electron chi connectivity index (χ1n) is 6.46. The summed E-state index contributed by atoms with van der Waals surface area (Å²) in [5, 5.41) is 5.84. The Morgan fingerprint density at radius 2 is 2.32 bits per heavy atom. The van der Waals surface area contributed by atoms with Gasteiger partial charge in [0.15, 0.2) is 0 Å². The van der Waals surface area contributed by atoms with E-state index in [0.717, 1.165) is 23.2 Å². The zero-order valence-corrected chi connectivity index (χ0v) is 13.1. The summed E-state index contributed by atoms with van der Waals surface area (Å²) in [4.78, 5) is 1.38. The minimum Gasteiger partial charge on any atom is -0.493 e. The van der Waals surface area contributed by atoms with Crippen LogP contribution in [0.3, 0.4) is 0 Å².